The van der Waals surface area contributed by atoms with Gasteiger partial charge in [-0.15, -0.1) is 0 Å². The Morgan fingerprint density at radius 2 is 2.33 bits per heavy atom. The van der Waals surface area contributed by atoms with Crippen LogP contribution in [0.25, 0.3) is 0 Å². The van der Waals surface area contributed by atoms with E-state index in [9.17, 15) is 4.79 Å². The number of morpholine rings is 1. The van der Waals surface area contributed by atoms with Gasteiger partial charge in [0.15, 0.2) is 0 Å². The van der Waals surface area contributed by atoms with Gasteiger partial charge in [-0.3, -0.25) is 9.88 Å². The van der Waals surface area contributed by atoms with Crippen molar-refractivity contribution in [3.63, 3.8) is 0 Å². The highest BCUT2D eigenvalue weighted by molar-refractivity contribution is 5.89. The zero-order chi connectivity index (χ0) is 15.3. The number of hydrogen-bond donors (Lipinski definition) is 2. The fourth-order valence-corrected chi connectivity index (χ4v) is 2.41. The Morgan fingerprint density at radius 1 is 1.52 bits per heavy atom. The van der Waals surface area contributed by atoms with Crippen LogP contribution in [-0.4, -0.2) is 54.3 Å². The Balaban J connectivity index is 1.74. The van der Waals surface area contributed by atoms with E-state index in [2.05, 4.69) is 34.4 Å². The zero-order valence-corrected chi connectivity index (χ0v) is 13.0. The van der Waals surface area contributed by atoms with Gasteiger partial charge in [0.25, 0.3) is 0 Å². The molecular weight excluding hydrogens is 268 g/mol. The second-order valence-corrected chi connectivity index (χ2v) is 5.92. The molecule has 1 fully saturated rings. The van der Waals surface area contributed by atoms with Gasteiger partial charge >= 0.3 is 6.03 Å². The normalized spacial score (nSPS) is 18.2. The molecule has 2 heterocycles. The summed E-state index contributed by atoms with van der Waals surface area (Å²) in [6.45, 7) is 10.0. The summed E-state index contributed by atoms with van der Waals surface area (Å²) in [4.78, 5) is 18.3. The van der Waals surface area contributed by atoms with Crippen molar-refractivity contribution < 1.29 is 9.53 Å². The van der Waals surface area contributed by atoms with Crippen molar-refractivity contribution in [3.8, 4) is 0 Å². The van der Waals surface area contributed by atoms with Gasteiger partial charge in [-0.25, -0.2) is 4.79 Å². The minimum Gasteiger partial charge on any atom is -0.378 e. The molecule has 0 saturated carbocycles. The first-order valence-corrected chi connectivity index (χ1v) is 7.28. The van der Waals surface area contributed by atoms with Gasteiger partial charge in [-0.2, -0.15) is 0 Å². The molecule has 2 N–H and O–H groups in total. The predicted octanol–water partition coefficient (Wildman–Crippen LogP) is 1.62. The maximum atomic E-state index is 11.8. The minimum atomic E-state index is -0.188. The van der Waals surface area contributed by atoms with Crippen molar-refractivity contribution in [2.24, 2.45) is 0 Å². The molecule has 1 aromatic rings. The highest BCUT2D eigenvalue weighted by Crippen LogP contribution is 2.17. The maximum Gasteiger partial charge on any atom is 0.319 e. The number of aromatic nitrogens is 1. The molecule has 6 nitrogen and oxygen atoms in total. The van der Waals surface area contributed by atoms with E-state index in [4.69, 9.17) is 4.74 Å². The number of aryl methyl sites for hydroxylation is 1. The van der Waals surface area contributed by atoms with Crippen molar-refractivity contribution in [2.45, 2.75) is 26.3 Å². The van der Waals surface area contributed by atoms with E-state index >= 15 is 0 Å². The quantitative estimate of drug-likeness (QED) is 0.885. The highest BCUT2D eigenvalue weighted by atomic mass is 16.5. The van der Waals surface area contributed by atoms with Crippen LogP contribution >= 0.6 is 0 Å². The van der Waals surface area contributed by atoms with Crippen molar-refractivity contribution in [3.05, 3.63) is 24.0 Å². The van der Waals surface area contributed by atoms with E-state index in [0.29, 0.717) is 6.54 Å². The number of urea groups is 1. The SMILES string of the molecule is Cc1cc(NC(=O)NCCN2CCOCC2(C)C)ccn1. The number of pyridine rings is 1. The van der Waals surface area contributed by atoms with Crippen LogP contribution in [0.1, 0.15) is 19.5 Å². The Kier molecular flexibility index (Phi) is 5.14. The lowest BCUT2D eigenvalue weighted by Crippen LogP contribution is -2.54. The number of rotatable bonds is 4. The molecule has 0 atom stereocenters. The highest BCUT2D eigenvalue weighted by Gasteiger charge is 2.29. The molecule has 21 heavy (non-hydrogen) atoms. The topological polar surface area (TPSA) is 66.5 Å². The van der Waals surface area contributed by atoms with E-state index in [1.807, 2.05) is 13.0 Å². The summed E-state index contributed by atoms with van der Waals surface area (Å²) < 4.78 is 5.49. The standard InChI is InChI=1S/C15H24N4O2/c1-12-10-13(4-5-16-12)18-14(20)17-6-7-19-8-9-21-11-15(19,2)3/h4-5,10H,6-9,11H2,1-3H3,(H2,16,17,18,20). The monoisotopic (exact) mass is 292 g/mol. The minimum absolute atomic E-state index is 0.0264. The average molecular weight is 292 g/mol. The van der Waals surface area contributed by atoms with Crippen LogP contribution in [0.4, 0.5) is 10.5 Å². The number of hydrogen-bond acceptors (Lipinski definition) is 4. The summed E-state index contributed by atoms with van der Waals surface area (Å²) in [5, 5.41) is 5.69. The number of carbonyl (C=O) groups is 1. The summed E-state index contributed by atoms with van der Waals surface area (Å²) in [5.74, 6) is 0. The van der Waals surface area contributed by atoms with Crippen LogP contribution in [0.3, 0.4) is 0 Å². The lowest BCUT2D eigenvalue weighted by Gasteiger charge is -2.42. The van der Waals surface area contributed by atoms with Gasteiger partial charge in [0.2, 0.25) is 0 Å². The van der Waals surface area contributed by atoms with Gasteiger partial charge in [0.1, 0.15) is 0 Å². The van der Waals surface area contributed by atoms with Crippen LogP contribution in [-0.2, 0) is 4.74 Å². The van der Waals surface area contributed by atoms with E-state index in [0.717, 1.165) is 37.7 Å². The van der Waals surface area contributed by atoms with E-state index in [1.54, 1.807) is 12.3 Å². The Morgan fingerprint density at radius 3 is 3.05 bits per heavy atom. The van der Waals surface area contributed by atoms with E-state index < -0.39 is 0 Å². The molecule has 0 unspecified atom stereocenters. The summed E-state index contributed by atoms with van der Waals surface area (Å²) in [5.41, 5.74) is 1.66. The largest absolute Gasteiger partial charge is 0.378 e. The molecule has 0 bridgehead atoms. The number of nitrogens with one attached hydrogen (secondary N) is 2. The first-order valence-electron chi connectivity index (χ1n) is 7.28. The predicted molar refractivity (Wildman–Crippen MR) is 82.5 cm³/mol. The van der Waals surface area contributed by atoms with Gasteiger partial charge in [0.05, 0.1) is 13.2 Å². The fourth-order valence-electron chi connectivity index (χ4n) is 2.41. The van der Waals surface area contributed by atoms with Crippen LogP contribution in [0.15, 0.2) is 18.3 Å². The maximum absolute atomic E-state index is 11.8. The average Bonchev–Trinajstić information content (AvgIpc) is 2.40. The van der Waals surface area contributed by atoms with Crippen LogP contribution in [0.2, 0.25) is 0 Å². The second kappa shape index (κ2) is 6.87. The lowest BCUT2D eigenvalue weighted by atomic mass is 10.0. The van der Waals surface area contributed by atoms with Crippen LogP contribution in [0, 0.1) is 6.92 Å². The summed E-state index contributed by atoms with van der Waals surface area (Å²) in [6, 6.07) is 3.43. The fraction of sp³-hybridized carbons (Fsp3) is 0.600. The van der Waals surface area contributed by atoms with Gasteiger partial charge in [0, 0.05) is 42.8 Å². The first kappa shape index (κ1) is 15.7. The molecule has 6 heteroatoms. The third-order valence-corrected chi connectivity index (χ3v) is 3.64. The second-order valence-electron chi connectivity index (χ2n) is 5.92. The molecule has 0 spiro atoms. The molecule has 0 aliphatic carbocycles. The van der Waals surface area contributed by atoms with E-state index in [-0.39, 0.29) is 11.6 Å². The van der Waals surface area contributed by atoms with Crippen molar-refractivity contribution in [1.29, 1.82) is 0 Å². The molecule has 1 aliphatic heterocycles. The van der Waals surface area contributed by atoms with Crippen LogP contribution in [0.5, 0.6) is 0 Å². The Hall–Kier alpha value is -1.66. The molecule has 1 aromatic heterocycles. The third kappa shape index (κ3) is 4.68. The number of ether oxygens (including phenoxy) is 1. The number of carbonyl (C=O) groups excluding carboxylic acids is 1. The third-order valence-electron chi connectivity index (χ3n) is 3.64. The molecule has 2 rings (SSSR count). The molecular formula is C15H24N4O2. The van der Waals surface area contributed by atoms with Crippen LogP contribution < -0.4 is 10.6 Å². The van der Waals surface area contributed by atoms with Crippen molar-refractivity contribution in [1.82, 2.24) is 15.2 Å². The Bertz CT molecular complexity index is 490. The van der Waals surface area contributed by atoms with E-state index in [1.165, 1.54) is 0 Å². The zero-order valence-electron chi connectivity index (χ0n) is 13.0. The van der Waals surface area contributed by atoms with Crippen molar-refractivity contribution >= 4 is 11.7 Å². The lowest BCUT2D eigenvalue weighted by molar-refractivity contribution is -0.0497. The molecule has 0 aromatic carbocycles. The smallest absolute Gasteiger partial charge is 0.319 e. The molecule has 1 aliphatic rings. The number of anilines is 1. The summed E-state index contributed by atoms with van der Waals surface area (Å²) in [6.07, 6.45) is 1.68. The summed E-state index contributed by atoms with van der Waals surface area (Å²) in [7, 11) is 0. The Labute approximate surface area is 125 Å². The summed E-state index contributed by atoms with van der Waals surface area (Å²) >= 11 is 0. The number of amides is 2. The van der Waals surface area contributed by atoms with Gasteiger partial charge in [-0.05, 0) is 32.9 Å². The van der Waals surface area contributed by atoms with Gasteiger partial charge in [-0.1, -0.05) is 0 Å². The molecule has 0 radical (unpaired) electrons. The van der Waals surface area contributed by atoms with Crippen molar-refractivity contribution in [2.75, 3.05) is 38.2 Å². The number of nitrogens with zero attached hydrogens (tertiary/aromatic N) is 2. The molecule has 1 saturated heterocycles. The molecule has 2 amide bonds. The molecule has 116 valence electrons. The van der Waals surface area contributed by atoms with Gasteiger partial charge < -0.3 is 15.4 Å². The first-order chi connectivity index (χ1) is 9.97.